The normalized spacial score (nSPS) is 19.7. The zero-order valence-corrected chi connectivity index (χ0v) is 23.6. The minimum Gasteiger partial charge on any atom is -0.384 e. The van der Waals surface area contributed by atoms with E-state index in [1.54, 1.807) is 35.4 Å². The number of carbonyl (C=O) groups excluding carboxylic acids is 2. The van der Waals surface area contributed by atoms with Crippen molar-refractivity contribution in [3.63, 3.8) is 0 Å². The summed E-state index contributed by atoms with van der Waals surface area (Å²) in [5.74, 6) is -0.684. The molecule has 0 bridgehead atoms. The number of piperidine rings is 1. The average molecular weight is 555 g/mol. The van der Waals surface area contributed by atoms with Crippen LogP contribution in [-0.2, 0) is 10.4 Å². The second-order valence-electron chi connectivity index (χ2n) is 10.9. The Kier molecular flexibility index (Phi) is 8.17. The van der Waals surface area contributed by atoms with E-state index in [0.29, 0.717) is 35.1 Å². The highest BCUT2D eigenvalue weighted by molar-refractivity contribution is 6.31. The van der Waals surface area contributed by atoms with E-state index < -0.39 is 17.1 Å². The van der Waals surface area contributed by atoms with Gasteiger partial charge in [0.05, 0.1) is 11.2 Å². The number of rotatable bonds is 6. The number of pyridine rings is 1. The number of hydrogen-bond donors (Lipinski definition) is 2. The van der Waals surface area contributed by atoms with Crippen LogP contribution >= 0.6 is 23.2 Å². The summed E-state index contributed by atoms with van der Waals surface area (Å²) in [5, 5.41) is 15.8. The van der Waals surface area contributed by atoms with Crippen LogP contribution in [-0.4, -0.2) is 45.9 Å². The van der Waals surface area contributed by atoms with Crippen LogP contribution in [0.3, 0.4) is 0 Å². The molecule has 1 aliphatic rings. The number of nitrogens with one attached hydrogen (secondary N) is 1. The molecule has 8 heteroatoms. The number of aliphatic hydroxyl groups is 1. The van der Waals surface area contributed by atoms with Gasteiger partial charge in [0, 0.05) is 46.5 Å². The standard InChI is InChI=1S/C30H33Cl2N3O3/c1-19(2)26(34-27(36)22-14-21(16-33-17-22)20-6-5-7-25(32)15-20)28(37)35-13-12-30(38,29(3,4)18-35)23-8-10-24(31)11-9-23/h5-11,14-17,19,26,38H,12-13,18H2,1-4H3,(H,34,36)/t26-,30+/m1/s1. The van der Waals surface area contributed by atoms with Crippen LogP contribution < -0.4 is 5.32 Å². The molecule has 6 nitrogen and oxygen atoms in total. The lowest BCUT2D eigenvalue weighted by molar-refractivity contribution is -0.155. The second kappa shape index (κ2) is 11.0. The van der Waals surface area contributed by atoms with E-state index in [9.17, 15) is 14.7 Å². The van der Waals surface area contributed by atoms with Gasteiger partial charge in [0.25, 0.3) is 5.91 Å². The summed E-state index contributed by atoms with van der Waals surface area (Å²) in [6.07, 6.45) is 3.53. The van der Waals surface area contributed by atoms with Crippen molar-refractivity contribution in [3.05, 3.63) is 88.2 Å². The molecule has 1 aliphatic heterocycles. The molecule has 4 rings (SSSR count). The minimum atomic E-state index is -1.11. The molecule has 2 amide bonds. The molecular weight excluding hydrogens is 521 g/mol. The highest BCUT2D eigenvalue weighted by Gasteiger charge is 2.50. The molecule has 2 aromatic carbocycles. The Bertz CT molecular complexity index is 1330. The number of amides is 2. The number of benzene rings is 2. The first-order chi connectivity index (χ1) is 17.9. The Morgan fingerprint density at radius 2 is 1.71 bits per heavy atom. The quantitative estimate of drug-likeness (QED) is 0.394. The van der Waals surface area contributed by atoms with Gasteiger partial charge in [-0.15, -0.1) is 0 Å². The predicted octanol–water partition coefficient (Wildman–Crippen LogP) is 5.96. The van der Waals surface area contributed by atoms with Crippen LogP contribution in [0.5, 0.6) is 0 Å². The van der Waals surface area contributed by atoms with Crippen molar-refractivity contribution in [2.24, 2.45) is 11.3 Å². The van der Waals surface area contributed by atoms with Gasteiger partial charge in [-0.3, -0.25) is 14.6 Å². The smallest absolute Gasteiger partial charge is 0.253 e. The van der Waals surface area contributed by atoms with Crippen molar-refractivity contribution in [1.29, 1.82) is 0 Å². The summed E-state index contributed by atoms with van der Waals surface area (Å²) in [6, 6.07) is 15.6. The molecule has 3 aromatic rings. The van der Waals surface area contributed by atoms with Crippen molar-refractivity contribution >= 4 is 35.0 Å². The number of likely N-dealkylation sites (tertiary alicyclic amines) is 1. The first kappa shape index (κ1) is 28.1. The minimum absolute atomic E-state index is 0.143. The number of hydrogen-bond acceptors (Lipinski definition) is 4. The van der Waals surface area contributed by atoms with Crippen molar-refractivity contribution in [2.45, 2.75) is 45.8 Å². The molecule has 200 valence electrons. The molecule has 0 saturated carbocycles. The summed E-state index contributed by atoms with van der Waals surface area (Å²) < 4.78 is 0. The Morgan fingerprint density at radius 1 is 1.00 bits per heavy atom. The number of aromatic nitrogens is 1. The molecule has 2 heterocycles. The first-order valence-corrected chi connectivity index (χ1v) is 13.5. The molecule has 2 atom stereocenters. The van der Waals surface area contributed by atoms with Crippen LogP contribution in [0.4, 0.5) is 0 Å². The molecular formula is C30H33Cl2N3O3. The van der Waals surface area contributed by atoms with Crippen LogP contribution in [0.25, 0.3) is 11.1 Å². The zero-order valence-electron chi connectivity index (χ0n) is 22.0. The van der Waals surface area contributed by atoms with Crippen LogP contribution in [0.1, 0.15) is 50.0 Å². The lowest BCUT2D eigenvalue weighted by Crippen LogP contribution is -2.60. The van der Waals surface area contributed by atoms with Crippen molar-refractivity contribution in [3.8, 4) is 11.1 Å². The van der Waals surface area contributed by atoms with Gasteiger partial charge in [0.1, 0.15) is 6.04 Å². The van der Waals surface area contributed by atoms with E-state index in [1.807, 2.05) is 58.0 Å². The second-order valence-corrected chi connectivity index (χ2v) is 11.8. The van der Waals surface area contributed by atoms with E-state index >= 15 is 0 Å². The van der Waals surface area contributed by atoms with Crippen LogP contribution in [0, 0.1) is 11.3 Å². The Morgan fingerprint density at radius 3 is 2.34 bits per heavy atom. The Balaban J connectivity index is 1.50. The molecule has 38 heavy (non-hydrogen) atoms. The van der Waals surface area contributed by atoms with E-state index in [1.165, 1.54) is 6.20 Å². The van der Waals surface area contributed by atoms with Gasteiger partial charge in [-0.05, 0) is 53.8 Å². The van der Waals surface area contributed by atoms with Gasteiger partial charge in [0.15, 0.2) is 0 Å². The SMILES string of the molecule is CC(C)[C@@H](NC(=O)c1cncc(-c2cccc(Cl)c2)c1)C(=O)N1CC[C@](O)(c2ccc(Cl)cc2)C(C)(C)C1. The van der Waals surface area contributed by atoms with Gasteiger partial charge in [-0.2, -0.15) is 0 Å². The lowest BCUT2D eigenvalue weighted by Gasteiger charge is -2.51. The van der Waals surface area contributed by atoms with Crippen LogP contribution in [0.2, 0.25) is 10.0 Å². The summed E-state index contributed by atoms with van der Waals surface area (Å²) in [6.45, 7) is 8.43. The highest BCUT2D eigenvalue weighted by atomic mass is 35.5. The molecule has 1 saturated heterocycles. The summed E-state index contributed by atoms with van der Waals surface area (Å²) in [5.41, 5.74) is 0.996. The third kappa shape index (κ3) is 5.73. The van der Waals surface area contributed by atoms with Gasteiger partial charge >= 0.3 is 0 Å². The number of carbonyl (C=O) groups is 2. The predicted molar refractivity (Wildman–Crippen MR) is 151 cm³/mol. The Hall–Kier alpha value is -2.93. The fraction of sp³-hybridized carbons (Fsp3) is 0.367. The topological polar surface area (TPSA) is 82.5 Å². The fourth-order valence-electron chi connectivity index (χ4n) is 5.10. The number of nitrogens with zero attached hydrogens (tertiary/aromatic N) is 2. The highest BCUT2D eigenvalue weighted by Crippen LogP contribution is 2.46. The molecule has 0 spiro atoms. The Labute approximate surface area is 234 Å². The zero-order chi connectivity index (χ0) is 27.7. The maximum absolute atomic E-state index is 13.7. The third-order valence-electron chi connectivity index (χ3n) is 7.46. The van der Waals surface area contributed by atoms with E-state index in [-0.39, 0.29) is 17.7 Å². The molecule has 2 N–H and O–H groups in total. The third-order valence-corrected chi connectivity index (χ3v) is 7.95. The van der Waals surface area contributed by atoms with E-state index in [4.69, 9.17) is 23.2 Å². The van der Waals surface area contributed by atoms with Gasteiger partial charge in [0.2, 0.25) is 5.91 Å². The molecule has 1 fully saturated rings. The summed E-state index contributed by atoms with van der Waals surface area (Å²) in [7, 11) is 0. The fourth-order valence-corrected chi connectivity index (χ4v) is 5.41. The largest absolute Gasteiger partial charge is 0.384 e. The van der Waals surface area contributed by atoms with Crippen molar-refractivity contribution in [2.75, 3.05) is 13.1 Å². The van der Waals surface area contributed by atoms with Crippen molar-refractivity contribution in [1.82, 2.24) is 15.2 Å². The van der Waals surface area contributed by atoms with E-state index in [0.717, 1.165) is 16.7 Å². The van der Waals surface area contributed by atoms with Gasteiger partial charge in [-0.1, -0.05) is 75.2 Å². The lowest BCUT2D eigenvalue weighted by atomic mass is 9.66. The maximum atomic E-state index is 13.7. The van der Waals surface area contributed by atoms with Gasteiger partial charge < -0.3 is 15.3 Å². The maximum Gasteiger partial charge on any atom is 0.253 e. The van der Waals surface area contributed by atoms with Crippen molar-refractivity contribution < 1.29 is 14.7 Å². The molecule has 0 aliphatic carbocycles. The first-order valence-electron chi connectivity index (χ1n) is 12.7. The molecule has 0 unspecified atom stereocenters. The number of halogens is 2. The van der Waals surface area contributed by atoms with Crippen LogP contribution in [0.15, 0.2) is 67.0 Å². The molecule has 0 radical (unpaired) electrons. The molecule has 1 aromatic heterocycles. The average Bonchev–Trinajstić information content (AvgIpc) is 2.88. The van der Waals surface area contributed by atoms with E-state index in [2.05, 4.69) is 10.3 Å². The van der Waals surface area contributed by atoms with Gasteiger partial charge in [-0.25, -0.2) is 0 Å². The monoisotopic (exact) mass is 553 g/mol. The summed E-state index contributed by atoms with van der Waals surface area (Å²) in [4.78, 5) is 32.9. The summed E-state index contributed by atoms with van der Waals surface area (Å²) >= 11 is 12.2.